The van der Waals surface area contributed by atoms with Gasteiger partial charge in [0.15, 0.2) is 11.5 Å². The molecule has 2 aliphatic heterocycles. The molecule has 1 aromatic carbocycles. The first kappa shape index (κ1) is 19.4. The summed E-state index contributed by atoms with van der Waals surface area (Å²) in [6.07, 6.45) is 0.782. The molecule has 0 bridgehead atoms. The summed E-state index contributed by atoms with van der Waals surface area (Å²) < 4.78 is 44.9. The monoisotopic (exact) mass is 384 g/mol. The van der Waals surface area contributed by atoms with E-state index in [-0.39, 0.29) is 10.9 Å². The van der Waals surface area contributed by atoms with Crippen molar-refractivity contribution in [2.75, 3.05) is 46.1 Å². The van der Waals surface area contributed by atoms with Crippen molar-refractivity contribution in [1.82, 2.24) is 9.62 Å². The Bertz CT molecular complexity index is 702. The van der Waals surface area contributed by atoms with E-state index in [1.807, 2.05) is 0 Å². The summed E-state index contributed by atoms with van der Waals surface area (Å²) in [6, 6.07) is 4.91. The van der Waals surface area contributed by atoms with E-state index in [1.165, 1.54) is 0 Å². The maximum atomic E-state index is 12.8. The maximum absolute atomic E-state index is 12.8. The summed E-state index contributed by atoms with van der Waals surface area (Å²) in [7, 11) is -3.62. The van der Waals surface area contributed by atoms with Gasteiger partial charge in [-0.15, -0.1) is 0 Å². The molecule has 1 aromatic rings. The minimum atomic E-state index is -3.62. The minimum absolute atomic E-state index is 0.133. The van der Waals surface area contributed by atoms with Gasteiger partial charge in [0, 0.05) is 38.2 Å². The van der Waals surface area contributed by atoms with Crippen LogP contribution in [0.1, 0.15) is 20.3 Å². The number of fused-ring (bicyclic) bond motifs is 1. The van der Waals surface area contributed by atoms with E-state index in [0.717, 1.165) is 19.5 Å². The Morgan fingerprint density at radius 2 is 1.77 bits per heavy atom. The topological polar surface area (TPSA) is 77.1 Å². The molecule has 7 nitrogen and oxygen atoms in total. The summed E-state index contributed by atoms with van der Waals surface area (Å²) in [5.41, 5.74) is 0. The van der Waals surface area contributed by atoms with Crippen molar-refractivity contribution in [2.24, 2.45) is 5.92 Å². The van der Waals surface area contributed by atoms with Crippen molar-refractivity contribution in [3.63, 3.8) is 0 Å². The number of nitrogens with zero attached hydrogens (tertiary/aromatic N) is 1. The van der Waals surface area contributed by atoms with Crippen LogP contribution in [0.2, 0.25) is 0 Å². The predicted molar refractivity (Wildman–Crippen MR) is 98.3 cm³/mol. The van der Waals surface area contributed by atoms with Crippen LogP contribution in [0.15, 0.2) is 23.1 Å². The molecule has 26 heavy (non-hydrogen) atoms. The van der Waals surface area contributed by atoms with Crippen LogP contribution in [-0.4, -0.2) is 65.4 Å². The van der Waals surface area contributed by atoms with E-state index in [9.17, 15) is 8.42 Å². The molecule has 2 heterocycles. The van der Waals surface area contributed by atoms with Gasteiger partial charge in [0.2, 0.25) is 10.0 Å². The van der Waals surface area contributed by atoms with Gasteiger partial charge >= 0.3 is 0 Å². The van der Waals surface area contributed by atoms with E-state index in [1.54, 1.807) is 18.2 Å². The van der Waals surface area contributed by atoms with Crippen molar-refractivity contribution in [1.29, 1.82) is 0 Å². The molecule has 0 unspecified atom stereocenters. The highest BCUT2D eigenvalue weighted by atomic mass is 32.2. The lowest BCUT2D eigenvalue weighted by Gasteiger charge is -2.36. The Balaban J connectivity index is 1.70. The number of morpholine rings is 1. The normalized spacial score (nSPS) is 20.0. The maximum Gasteiger partial charge on any atom is 0.240 e. The van der Waals surface area contributed by atoms with Crippen LogP contribution in [0, 0.1) is 5.92 Å². The van der Waals surface area contributed by atoms with E-state index < -0.39 is 10.0 Å². The second-order valence-corrected chi connectivity index (χ2v) is 8.74. The molecule has 8 heteroatoms. The quantitative estimate of drug-likeness (QED) is 0.801. The summed E-state index contributed by atoms with van der Waals surface area (Å²) >= 11 is 0. The first-order chi connectivity index (χ1) is 12.5. The highest BCUT2D eigenvalue weighted by Gasteiger charge is 2.26. The van der Waals surface area contributed by atoms with Gasteiger partial charge in [-0.1, -0.05) is 13.8 Å². The second kappa shape index (κ2) is 8.56. The lowest BCUT2D eigenvalue weighted by molar-refractivity contribution is 0.00776. The minimum Gasteiger partial charge on any atom is -0.490 e. The Labute approximate surface area is 155 Å². The average Bonchev–Trinajstić information content (AvgIpc) is 2.87. The van der Waals surface area contributed by atoms with Gasteiger partial charge < -0.3 is 14.2 Å². The summed E-state index contributed by atoms with van der Waals surface area (Å²) in [6.45, 7) is 8.74. The molecule has 0 spiro atoms. The van der Waals surface area contributed by atoms with Crippen LogP contribution in [0.4, 0.5) is 0 Å². The molecule has 1 N–H and O–H groups in total. The fourth-order valence-corrected chi connectivity index (χ4v) is 4.35. The molecule has 1 fully saturated rings. The molecule has 0 aromatic heterocycles. The van der Waals surface area contributed by atoms with Gasteiger partial charge in [-0.3, -0.25) is 4.90 Å². The molecular weight excluding hydrogens is 356 g/mol. The lowest BCUT2D eigenvalue weighted by atomic mass is 10.0. The van der Waals surface area contributed by atoms with E-state index in [4.69, 9.17) is 14.2 Å². The van der Waals surface area contributed by atoms with Crippen molar-refractivity contribution in [2.45, 2.75) is 31.2 Å². The number of hydrogen-bond acceptors (Lipinski definition) is 6. The highest BCUT2D eigenvalue weighted by Crippen LogP contribution is 2.31. The van der Waals surface area contributed by atoms with Crippen molar-refractivity contribution >= 4 is 10.0 Å². The van der Waals surface area contributed by atoms with Gasteiger partial charge in [-0.25, -0.2) is 13.1 Å². The number of ether oxygens (including phenoxy) is 3. The van der Waals surface area contributed by atoms with E-state index in [0.29, 0.717) is 50.4 Å². The largest absolute Gasteiger partial charge is 0.490 e. The third kappa shape index (κ3) is 4.68. The van der Waals surface area contributed by atoms with Crippen molar-refractivity contribution in [3.8, 4) is 11.5 Å². The zero-order valence-corrected chi connectivity index (χ0v) is 16.3. The van der Waals surface area contributed by atoms with Crippen LogP contribution in [-0.2, 0) is 14.8 Å². The van der Waals surface area contributed by atoms with Crippen LogP contribution in [0.25, 0.3) is 0 Å². The van der Waals surface area contributed by atoms with Crippen LogP contribution in [0.3, 0.4) is 0 Å². The smallest absolute Gasteiger partial charge is 0.240 e. The molecular formula is C18H28N2O5S. The standard InChI is InChI=1S/C18H28N2O5S/c1-14(2)16(20-6-10-23-11-7-20)13-19-26(21,22)15-4-5-17-18(12-15)25-9-3-8-24-17/h4-5,12,14,16,19H,3,6-11,13H2,1-2H3/t16-/m1/s1. The summed E-state index contributed by atoms with van der Waals surface area (Å²) in [5.74, 6) is 1.41. The lowest BCUT2D eigenvalue weighted by Crippen LogP contribution is -2.51. The summed E-state index contributed by atoms with van der Waals surface area (Å²) in [4.78, 5) is 2.50. The van der Waals surface area contributed by atoms with Crippen molar-refractivity contribution < 1.29 is 22.6 Å². The number of nitrogens with one attached hydrogen (secondary N) is 1. The third-order valence-corrected chi connectivity index (χ3v) is 6.22. The summed E-state index contributed by atoms with van der Waals surface area (Å²) in [5, 5.41) is 0. The fraction of sp³-hybridized carbons (Fsp3) is 0.667. The van der Waals surface area contributed by atoms with E-state index >= 15 is 0 Å². The van der Waals surface area contributed by atoms with Gasteiger partial charge in [0.05, 0.1) is 31.3 Å². The van der Waals surface area contributed by atoms with E-state index in [2.05, 4.69) is 23.5 Å². The van der Waals surface area contributed by atoms with Gasteiger partial charge in [0.25, 0.3) is 0 Å². The first-order valence-electron chi connectivity index (χ1n) is 9.18. The first-order valence-corrected chi connectivity index (χ1v) is 10.7. The molecule has 2 aliphatic rings. The SMILES string of the molecule is CC(C)[C@@H](CNS(=O)(=O)c1ccc2c(c1)OCCCO2)N1CCOCC1. The Morgan fingerprint density at radius 3 is 2.46 bits per heavy atom. The fourth-order valence-electron chi connectivity index (χ4n) is 3.28. The number of rotatable bonds is 6. The third-order valence-electron chi connectivity index (χ3n) is 4.80. The molecule has 0 radical (unpaired) electrons. The molecule has 0 aliphatic carbocycles. The van der Waals surface area contributed by atoms with Crippen LogP contribution < -0.4 is 14.2 Å². The van der Waals surface area contributed by atoms with Crippen LogP contribution in [0.5, 0.6) is 11.5 Å². The highest BCUT2D eigenvalue weighted by molar-refractivity contribution is 7.89. The Kier molecular flexibility index (Phi) is 6.39. The van der Waals surface area contributed by atoms with Gasteiger partial charge in [-0.2, -0.15) is 0 Å². The van der Waals surface area contributed by atoms with Crippen LogP contribution >= 0.6 is 0 Å². The van der Waals surface area contributed by atoms with Crippen molar-refractivity contribution in [3.05, 3.63) is 18.2 Å². The molecule has 146 valence electrons. The zero-order chi connectivity index (χ0) is 18.6. The molecule has 1 saturated heterocycles. The number of benzene rings is 1. The molecule has 1 atom stereocenters. The molecule has 0 saturated carbocycles. The number of hydrogen-bond donors (Lipinski definition) is 1. The Morgan fingerprint density at radius 1 is 1.08 bits per heavy atom. The van der Waals surface area contributed by atoms with Gasteiger partial charge in [-0.05, 0) is 18.1 Å². The van der Waals surface area contributed by atoms with Gasteiger partial charge in [0.1, 0.15) is 0 Å². The molecule has 0 amide bonds. The second-order valence-electron chi connectivity index (χ2n) is 6.97. The number of sulfonamides is 1. The average molecular weight is 384 g/mol. The predicted octanol–water partition coefficient (Wildman–Crippen LogP) is 1.48. The zero-order valence-electron chi connectivity index (χ0n) is 15.4. The Hall–Kier alpha value is -1.35. The molecule has 3 rings (SSSR count).